The van der Waals surface area contributed by atoms with Gasteiger partial charge in [0, 0.05) is 10.9 Å². The number of hydrogen-bond acceptors (Lipinski definition) is 2. The predicted octanol–water partition coefficient (Wildman–Crippen LogP) is 5.21. The van der Waals surface area contributed by atoms with Crippen molar-refractivity contribution >= 4 is 22.5 Å². The van der Waals surface area contributed by atoms with Gasteiger partial charge in [-0.2, -0.15) is 0 Å². The van der Waals surface area contributed by atoms with Crippen molar-refractivity contribution in [2.24, 2.45) is 0 Å². The summed E-state index contributed by atoms with van der Waals surface area (Å²) in [5.74, 6) is 0.689. The summed E-state index contributed by atoms with van der Waals surface area (Å²) in [6.45, 7) is 4.23. The van der Waals surface area contributed by atoms with Crippen LogP contribution in [0.4, 0.5) is 0 Å². The second-order valence-electron chi connectivity index (χ2n) is 5.25. The first-order chi connectivity index (χ1) is 10.2. The molecule has 0 N–H and O–H groups in total. The largest absolute Gasteiger partial charge is 0.228 e. The molecule has 3 rings (SSSR count). The molecule has 0 saturated heterocycles. The minimum Gasteiger partial charge on any atom is -0.228 e. The molecule has 3 aromatic rings. The third kappa shape index (κ3) is 2.77. The van der Waals surface area contributed by atoms with E-state index < -0.39 is 0 Å². The smallest absolute Gasteiger partial charge is 0.161 e. The van der Waals surface area contributed by atoms with Crippen molar-refractivity contribution in [1.82, 2.24) is 9.97 Å². The molecule has 0 unspecified atom stereocenters. The van der Waals surface area contributed by atoms with E-state index in [2.05, 4.69) is 42.0 Å². The maximum Gasteiger partial charge on any atom is 0.161 e. The highest BCUT2D eigenvalue weighted by atomic mass is 35.5. The predicted molar refractivity (Wildman–Crippen MR) is 88.7 cm³/mol. The van der Waals surface area contributed by atoms with Crippen LogP contribution in [-0.4, -0.2) is 9.97 Å². The van der Waals surface area contributed by atoms with E-state index in [1.54, 1.807) is 0 Å². The monoisotopic (exact) mass is 296 g/mol. The molecule has 106 valence electrons. The highest BCUT2D eigenvalue weighted by molar-refractivity contribution is 6.34. The van der Waals surface area contributed by atoms with Crippen LogP contribution in [0.15, 0.2) is 42.5 Å². The maximum atomic E-state index is 6.39. The van der Waals surface area contributed by atoms with Gasteiger partial charge in [-0.15, -0.1) is 0 Å². The molecule has 0 aliphatic rings. The van der Waals surface area contributed by atoms with Crippen molar-refractivity contribution in [2.75, 3.05) is 0 Å². The Morgan fingerprint density at radius 2 is 1.86 bits per heavy atom. The van der Waals surface area contributed by atoms with Gasteiger partial charge in [0.2, 0.25) is 0 Å². The Balaban J connectivity index is 2.16. The number of benzene rings is 2. The van der Waals surface area contributed by atoms with Gasteiger partial charge in [-0.3, -0.25) is 0 Å². The van der Waals surface area contributed by atoms with Gasteiger partial charge in [0.1, 0.15) is 5.15 Å². The van der Waals surface area contributed by atoms with E-state index in [1.165, 1.54) is 5.56 Å². The first-order valence-corrected chi connectivity index (χ1v) is 7.59. The van der Waals surface area contributed by atoms with Crippen molar-refractivity contribution < 1.29 is 0 Å². The van der Waals surface area contributed by atoms with Crippen molar-refractivity contribution in [3.63, 3.8) is 0 Å². The quantitative estimate of drug-likeness (QED) is 0.620. The fourth-order valence-electron chi connectivity index (χ4n) is 2.53. The average Bonchev–Trinajstić information content (AvgIpc) is 2.48. The highest BCUT2D eigenvalue weighted by Crippen LogP contribution is 2.27. The van der Waals surface area contributed by atoms with Crippen LogP contribution in [0.3, 0.4) is 0 Å². The fourth-order valence-corrected chi connectivity index (χ4v) is 2.76. The fraction of sp³-hybridized carbons (Fsp3) is 0.222. The molecular formula is C18H17ClN2. The molecule has 1 heterocycles. The first kappa shape index (κ1) is 14.0. The number of aromatic nitrogens is 2. The zero-order valence-corrected chi connectivity index (χ0v) is 13.0. The van der Waals surface area contributed by atoms with Crippen molar-refractivity contribution in [2.45, 2.75) is 26.7 Å². The van der Waals surface area contributed by atoms with E-state index in [-0.39, 0.29) is 0 Å². The van der Waals surface area contributed by atoms with Gasteiger partial charge in [-0.05, 0) is 36.6 Å². The van der Waals surface area contributed by atoms with Crippen LogP contribution >= 0.6 is 11.6 Å². The van der Waals surface area contributed by atoms with E-state index in [1.807, 2.05) is 24.3 Å². The molecule has 0 spiro atoms. The molecule has 0 fully saturated rings. The normalized spacial score (nSPS) is 11.0. The minimum atomic E-state index is 0.524. The van der Waals surface area contributed by atoms with E-state index >= 15 is 0 Å². The molecule has 0 saturated carbocycles. The molecule has 2 aromatic carbocycles. The van der Waals surface area contributed by atoms with Crippen LogP contribution in [0.5, 0.6) is 0 Å². The van der Waals surface area contributed by atoms with Gasteiger partial charge in [0.25, 0.3) is 0 Å². The standard InChI is InChI=1S/C18H17ClN2/c1-3-6-13-9-10-16-15(11-13)17(19)21-18(20-16)14-8-5-4-7-12(14)2/h4-5,7-11H,3,6H2,1-2H3. The van der Waals surface area contributed by atoms with E-state index in [0.29, 0.717) is 11.0 Å². The summed E-state index contributed by atoms with van der Waals surface area (Å²) >= 11 is 6.39. The lowest BCUT2D eigenvalue weighted by molar-refractivity contribution is 0.923. The number of halogens is 1. The van der Waals surface area contributed by atoms with Crippen LogP contribution in [0.1, 0.15) is 24.5 Å². The Morgan fingerprint density at radius 3 is 2.62 bits per heavy atom. The van der Waals surface area contributed by atoms with Crippen LogP contribution in [0.2, 0.25) is 5.15 Å². The van der Waals surface area contributed by atoms with Gasteiger partial charge >= 0.3 is 0 Å². The van der Waals surface area contributed by atoms with E-state index in [0.717, 1.165) is 34.9 Å². The summed E-state index contributed by atoms with van der Waals surface area (Å²) in [6.07, 6.45) is 2.16. The molecule has 0 atom stereocenters. The molecule has 0 radical (unpaired) electrons. The molecule has 1 aromatic heterocycles. The van der Waals surface area contributed by atoms with Crippen LogP contribution in [0.25, 0.3) is 22.3 Å². The first-order valence-electron chi connectivity index (χ1n) is 7.21. The lowest BCUT2D eigenvalue weighted by Gasteiger charge is -2.08. The highest BCUT2D eigenvalue weighted by Gasteiger charge is 2.10. The van der Waals surface area contributed by atoms with Gasteiger partial charge in [0.05, 0.1) is 5.52 Å². The molecule has 0 amide bonds. The van der Waals surface area contributed by atoms with Gasteiger partial charge < -0.3 is 0 Å². The lowest BCUT2D eigenvalue weighted by atomic mass is 10.1. The van der Waals surface area contributed by atoms with Crippen molar-refractivity contribution in [3.05, 3.63) is 58.7 Å². The van der Waals surface area contributed by atoms with Crippen molar-refractivity contribution in [3.8, 4) is 11.4 Å². The number of rotatable bonds is 3. The third-order valence-corrected chi connectivity index (χ3v) is 3.93. The molecule has 2 nitrogen and oxygen atoms in total. The Hall–Kier alpha value is -1.93. The zero-order valence-electron chi connectivity index (χ0n) is 12.2. The number of nitrogens with zero attached hydrogens (tertiary/aromatic N) is 2. The summed E-state index contributed by atoms with van der Waals surface area (Å²) in [6, 6.07) is 14.3. The number of fused-ring (bicyclic) bond motifs is 1. The van der Waals surface area contributed by atoms with Gasteiger partial charge in [-0.1, -0.05) is 55.3 Å². The van der Waals surface area contributed by atoms with Crippen LogP contribution < -0.4 is 0 Å². The molecule has 21 heavy (non-hydrogen) atoms. The third-order valence-electron chi connectivity index (χ3n) is 3.64. The Bertz CT molecular complexity index is 796. The Labute approximate surface area is 129 Å². The molecule has 0 aliphatic carbocycles. The molecule has 0 bridgehead atoms. The lowest BCUT2D eigenvalue weighted by Crippen LogP contribution is -1.94. The second-order valence-corrected chi connectivity index (χ2v) is 5.61. The number of aryl methyl sites for hydroxylation is 2. The van der Waals surface area contributed by atoms with Crippen LogP contribution in [-0.2, 0) is 6.42 Å². The maximum absolute atomic E-state index is 6.39. The topological polar surface area (TPSA) is 25.8 Å². The van der Waals surface area contributed by atoms with E-state index in [9.17, 15) is 0 Å². The van der Waals surface area contributed by atoms with E-state index in [4.69, 9.17) is 11.6 Å². The molecule has 0 aliphatic heterocycles. The summed E-state index contributed by atoms with van der Waals surface area (Å²) in [4.78, 5) is 9.16. The SMILES string of the molecule is CCCc1ccc2nc(-c3ccccc3C)nc(Cl)c2c1. The van der Waals surface area contributed by atoms with Crippen LogP contribution in [0, 0.1) is 6.92 Å². The second kappa shape index (κ2) is 5.82. The summed E-state index contributed by atoms with van der Waals surface area (Å²) in [7, 11) is 0. The van der Waals surface area contributed by atoms with Gasteiger partial charge in [-0.25, -0.2) is 9.97 Å². The zero-order chi connectivity index (χ0) is 14.8. The summed E-state index contributed by atoms with van der Waals surface area (Å²) in [5, 5.41) is 1.45. The van der Waals surface area contributed by atoms with Gasteiger partial charge in [0.15, 0.2) is 5.82 Å². The molecular weight excluding hydrogens is 280 g/mol. The molecule has 3 heteroatoms. The summed E-state index contributed by atoms with van der Waals surface area (Å²) < 4.78 is 0. The summed E-state index contributed by atoms with van der Waals surface area (Å²) in [5.41, 5.74) is 4.35. The van der Waals surface area contributed by atoms with Crippen molar-refractivity contribution in [1.29, 1.82) is 0 Å². The number of hydrogen-bond donors (Lipinski definition) is 0. The average molecular weight is 297 g/mol. The Morgan fingerprint density at radius 1 is 1.05 bits per heavy atom. The minimum absolute atomic E-state index is 0.524. The Kier molecular flexibility index (Phi) is 3.89.